The van der Waals surface area contributed by atoms with Gasteiger partial charge in [0, 0.05) is 18.0 Å². The molecule has 1 heterocycles. The molecule has 2 aromatic rings. The average molecular weight is 234 g/mol. The van der Waals surface area contributed by atoms with Crippen molar-refractivity contribution in [1.29, 1.82) is 0 Å². The second-order valence-electron chi connectivity index (χ2n) is 4.21. The van der Waals surface area contributed by atoms with Crippen LogP contribution in [0.2, 0.25) is 0 Å². The topological polar surface area (TPSA) is 75.1 Å². The van der Waals surface area contributed by atoms with Gasteiger partial charge in [-0.3, -0.25) is 15.2 Å². The molecule has 2 rings (SSSR count). The van der Waals surface area contributed by atoms with Gasteiger partial charge in [0.05, 0.1) is 11.1 Å². The molecule has 0 bridgehead atoms. The molecule has 0 fully saturated rings. The van der Waals surface area contributed by atoms with Crippen molar-refractivity contribution in [3.63, 3.8) is 0 Å². The van der Waals surface area contributed by atoms with Gasteiger partial charge in [-0.2, -0.15) is 5.10 Å². The molecule has 0 atom stereocenters. The summed E-state index contributed by atoms with van der Waals surface area (Å²) in [6.07, 6.45) is 2.49. The molecular weight excluding hydrogens is 220 g/mol. The van der Waals surface area contributed by atoms with Crippen LogP contribution in [0.4, 0.5) is 5.69 Å². The van der Waals surface area contributed by atoms with Crippen molar-refractivity contribution in [3.05, 3.63) is 34.0 Å². The smallest absolute Gasteiger partial charge is 0.294 e. The standard InChI is InChI=1S/C11H14N4O2/c1-14(2)6-5-8-3-4-10(15(16)17)11-9(8)7-12-13-11/h3-4,7H,5-6H2,1-2H3,(H,12,13). The second-order valence-corrected chi connectivity index (χ2v) is 4.21. The fraction of sp³-hybridized carbons (Fsp3) is 0.364. The van der Waals surface area contributed by atoms with Gasteiger partial charge in [-0.05, 0) is 26.1 Å². The molecule has 6 heteroatoms. The molecular formula is C11H14N4O2. The number of hydrogen-bond donors (Lipinski definition) is 1. The normalized spacial score (nSPS) is 11.2. The minimum Gasteiger partial charge on any atom is -0.309 e. The zero-order valence-electron chi connectivity index (χ0n) is 9.80. The lowest BCUT2D eigenvalue weighted by Gasteiger charge is -2.09. The molecule has 0 aliphatic rings. The number of benzene rings is 1. The molecule has 0 aliphatic heterocycles. The summed E-state index contributed by atoms with van der Waals surface area (Å²) in [7, 11) is 4.00. The van der Waals surface area contributed by atoms with E-state index in [0.717, 1.165) is 23.9 Å². The molecule has 1 aromatic heterocycles. The molecule has 0 unspecified atom stereocenters. The number of nitrogens with one attached hydrogen (secondary N) is 1. The molecule has 1 aromatic carbocycles. The number of nitrogens with zero attached hydrogens (tertiary/aromatic N) is 3. The lowest BCUT2D eigenvalue weighted by atomic mass is 10.1. The Kier molecular flexibility index (Phi) is 3.06. The van der Waals surface area contributed by atoms with Gasteiger partial charge < -0.3 is 4.90 Å². The number of aromatic nitrogens is 2. The van der Waals surface area contributed by atoms with Crippen LogP contribution in [0.3, 0.4) is 0 Å². The highest BCUT2D eigenvalue weighted by atomic mass is 16.6. The number of H-pyrrole nitrogens is 1. The van der Waals surface area contributed by atoms with E-state index in [1.54, 1.807) is 12.3 Å². The second kappa shape index (κ2) is 4.50. The van der Waals surface area contributed by atoms with E-state index < -0.39 is 4.92 Å². The summed E-state index contributed by atoms with van der Waals surface area (Å²) < 4.78 is 0. The minimum atomic E-state index is -0.393. The number of nitro groups is 1. The van der Waals surface area contributed by atoms with Crippen molar-refractivity contribution in [2.24, 2.45) is 0 Å². The summed E-state index contributed by atoms with van der Waals surface area (Å²) in [5.74, 6) is 0. The van der Waals surface area contributed by atoms with E-state index in [4.69, 9.17) is 0 Å². The maximum absolute atomic E-state index is 10.8. The SMILES string of the molecule is CN(C)CCc1ccc([N+](=O)[O-])c2[nH]ncc12. The highest BCUT2D eigenvalue weighted by Crippen LogP contribution is 2.26. The highest BCUT2D eigenvalue weighted by molar-refractivity contribution is 5.89. The van der Waals surface area contributed by atoms with Gasteiger partial charge in [-0.1, -0.05) is 6.07 Å². The van der Waals surface area contributed by atoms with Crippen LogP contribution in [0.5, 0.6) is 0 Å². The Bertz CT molecular complexity index is 547. The highest BCUT2D eigenvalue weighted by Gasteiger charge is 2.15. The fourth-order valence-corrected chi connectivity index (χ4v) is 1.79. The summed E-state index contributed by atoms with van der Waals surface area (Å²) in [4.78, 5) is 12.5. The molecule has 0 saturated heterocycles. The van der Waals surface area contributed by atoms with E-state index >= 15 is 0 Å². The van der Waals surface area contributed by atoms with Crippen LogP contribution in [-0.4, -0.2) is 40.7 Å². The first-order chi connectivity index (χ1) is 8.09. The van der Waals surface area contributed by atoms with E-state index in [2.05, 4.69) is 15.1 Å². The monoisotopic (exact) mass is 234 g/mol. The number of rotatable bonds is 4. The van der Waals surface area contributed by atoms with Crippen LogP contribution in [-0.2, 0) is 6.42 Å². The van der Waals surface area contributed by atoms with Gasteiger partial charge in [0.25, 0.3) is 5.69 Å². The third-order valence-corrected chi connectivity index (χ3v) is 2.71. The molecule has 6 nitrogen and oxygen atoms in total. The van der Waals surface area contributed by atoms with Crippen LogP contribution in [0, 0.1) is 10.1 Å². The van der Waals surface area contributed by atoms with Crippen LogP contribution in [0.25, 0.3) is 10.9 Å². The number of nitro benzene ring substituents is 1. The third kappa shape index (κ3) is 2.26. The fourth-order valence-electron chi connectivity index (χ4n) is 1.79. The van der Waals surface area contributed by atoms with Crippen LogP contribution < -0.4 is 0 Å². The molecule has 90 valence electrons. The van der Waals surface area contributed by atoms with Crippen LogP contribution >= 0.6 is 0 Å². The predicted molar refractivity (Wildman–Crippen MR) is 65.0 cm³/mol. The first kappa shape index (κ1) is 11.5. The first-order valence-electron chi connectivity index (χ1n) is 5.33. The molecule has 0 amide bonds. The Labute approximate surface area is 98.4 Å². The molecule has 1 N–H and O–H groups in total. The number of fused-ring (bicyclic) bond motifs is 1. The Morgan fingerprint density at radius 2 is 2.24 bits per heavy atom. The minimum absolute atomic E-state index is 0.0751. The van der Waals surface area contributed by atoms with Gasteiger partial charge >= 0.3 is 0 Å². The van der Waals surface area contributed by atoms with E-state index in [-0.39, 0.29) is 5.69 Å². The molecule has 17 heavy (non-hydrogen) atoms. The Morgan fingerprint density at radius 1 is 1.47 bits per heavy atom. The van der Waals surface area contributed by atoms with Crippen LogP contribution in [0.15, 0.2) is 18.3 Å². The van der Waals surface area contributed by atoms with Gasteiger partial charge in [0.2, 0.25) is 0 Å². The van der Waals surface area contributed by atoms with E-state index in [0.29, 0.717) is 5.52 Å². The summed E-state index contributed by atoms with van der Waals surface area (Å²) in [5, 5.41) is 18.3. The lowest BCUT2D eigenvalue weighted by Crippen LogP contribution is -2.15. The zero-order chi connectivity index (χ0) is 12.4. The number of non-ortho nitro benzene ring substituents is 1. The Morgan fingerprint density at radius 3 is 2.88 bits per heavy atom. The van der Waals surface area contributed by atoms with Crippen molar-refractivity contribution >= 4 is 16.6 Å². The quantitative estimate of drug-likeness (QED) is 0.643. The zero-order valence-corrected chi connectivity index (χ0v) is 9.80. The van der Waals surface area contributed by atoms with Gasteiger partial charge in [0.1, 0.15) is 5.52 Å². The lowest BCUT2D eigenvalue weighted by molar-refractivity contribution is -0.383. The van der Waals surface area contributed by atoms with Gasteiger partial charge in [-0.15, -0.1) is 0 Å². The number of likely N-dealkylation sites (N-methyl/N-ethyl adjacent to an activating group) is 1. The van der Waals surface area contributed by atoms with Crippen LogP contribution in [0.1, 0.15) is 5.56 Å². The molecule has 0 saturated carbocycles. The van der Waals surface area contributed by atoms with Crippen molar-refractivity contribution in [2.75, 3.05) is 20.6 Å². The average Bonchev–Trinajstić information content (AvgIpc) is 2.73. The van der Waals surface area contributed by atoms with Gasteiger partial charge in [-0.25, -0.2) is 0 Å². The predicted octanol–water partition coefficient (Wildman–Crippen LogP) is 1.58. The third-order valence-electron chi connectivity index (χ3n) is 2.71. The number of hydrogen-bond acceptors (Lipinski definition) is 4. The Balaban J connectivity index is 2.42. The van der Waals surface area contributed by atoms with E-state index in [9.17, 15) is 10.1 Å². The Hall–Kier alpha value is -1.95. The van der Waals surface area contributed by atoms with E-state index in [1.165, 1.54) is 6.07 Å². The van der Waals surface area contributed by atoms with Crippen molar-refractivity contribution in [2.45, 2.75) is 6.42 Å². The molecule has 0 aliphatic carbocycles. The summed E-state index contributed by atoms with van der Waals surface area (Å²) in [5.41, 5.74) is 1.66. The largest absolute Gasteiger partial charge is 0.309 e. The first-order valence-corrected chi connectivity index (χ1v) is 5.33. The summed E-state index contributed by atoms with van der Waals surface area (Å²) in [6.45, 7) is 0.901. The molecule has 0 radical (unpaired) electrons. The van der Waals surface area contributed by atoms with Gasteiger partial charge in [0.15, 0.2) is 0 Å². The summed E-state index contributed by atoms with van der Waals surface area (Å²) in [6, 6.07) is 3.34. The molecule has 0 spiro atoms. The maximum atomic E-state index is 10.8. The van der Waals surface area contributed by atoms with E-state index in [1.807, 2.05) is 14.1 Å². The van der Waals surface area contributed by atoms with Crippen molar-refractivity contribution in [3.8, 4) is 0 Å². The maximum Gasteiger partial charge on any atom is 0.294 e. The van der Waals surface area contributed by atoms with Crippen molar-refractivity contribution < 1.29 is 4.92 Å². The summed E-state index contributed by atoms with van der Waals surface area (Å²) >= 11 is 0. The van der Waals surface area contributed by atoms with Crippen molar-refractivity contribution in [1.82, 2.24) is 15.1 Å². The number of aromatic amines is 1.